The molecule has 1 aliphatic heterocycles. The number of fused-ring (bicyclic) bond motifs is 1. The summed E-state index contributed by atoms with van der Waals surface area (Å²) >= 11 is 0. The summed E-state index contributed by atoms with van der Waals surface area (Å²) in [6.07, 6.45) is 0.224. The predicted molar refractivity (Wildman–Crippen MR) is 64.6 cm³/mol. The van der Waals surface area contributed by atoms with Crippen molar-refractivity contribution in [1.29, 1.82) is 0 Å². The van der Waals surface area contributed by atoms with Gasteiger partial charge in [0.1, 0.15) is 0 Å². The van der Waals surface area contributed by atoms with Gasteiger partial charge in [0, 0.05) is 6.61 Å². The molecule has 1 aromatic carbocycles. The van der Waals surface area contributed by atoms with Crippen molar-refractivity contribution >= 4 is 0 Å². The first-order valence-electron chi connectivity index (χ1n) is 6.01. The van der Waals surface area contributed by atoms with Gasteiger partial charge in [-0.15, -0.1) is 0 Å². The van der Waals surface area contributed by atoms with Crippen molar-refractivity contribution in [1.82, 2.24) is 0 Å². The van der Waals surface area contributed by atoms with E-state index in [2.05, 4.69) is 0 Å². The maximum atomic E-state index is 9.39. The molecule has 2 rings (SSSR count). The molecule has 0 aromatic heterocycles. The minimum atomic E-state index is -0.781. The summed E-state index contributed by atoms with van der Waals surface area (Å²) in [6.45, 7) is -0.0609. The summed E-state index contributed by atoms with van der Waals surface area (Å²) in [7, 11) is 0. The van der Waals surface area contributed by atoms with E-state index in [1.165, 1.54) is 0 Å². The highest BCUT2D eigenvalue weighted by atomic mass is 16.7. The first-order valence-corrected chi connectivity index (χ1v) is 6.01. The fraction of sp³-hybridized carbons (Fsp3) is 0.538. The number of hydrogen-bond donors (Lipinski definition) is 3. The standard InChI is InChI=1S/C13H18O5/c14-6-10(4-11(16)7-15)3-9-1-2-12-13(5-9)18-8-17-12/h1-2,5,10-11,14-16H,3-4,6-8H2/t10-,11+/m1/s1. The van der Waals surface area contributed by atoms with Crippen LogP contribution in [-0.4, -0.2) is 41.4 Å². The van der Waals surface area contributed by atoms with Gasteiger partial charge in [0.05, 0.1) is 12.7 Å². The van der Waals surface area contributed by atoms with Crippen molar-refractivity contribution < 1.29 is 24.8 Å². The summed E-state index contributed by atoms with van der Waals surface area (Å²) in [5.74, 6) is 1.37. The van der Waals surface area contributed by atoms with Crippen LogP contribution in [-0.2, 0) is 6.42 Å². The van der Waals surface area contributed by atoms with Gasteiger partial charge >= 0.3 is 0 Å². The smallest absolute Gasteiger partial charge is 0.231 e. The maximum Gasteiger partial charge on any atom is 0.231 e. The molecule has 0 saturated heterocycles. The number of benzene rings is 1. The van der Waals surface area contributed by atoms with Crippen molar-refractivity contribution in [2.45, 2.75) is 18.9 Å². The Morgan fingerprint density at radius 2 is 1.89 bits per heavy atom. The average molecular weight is 254 g/mol. The molecule has 0 amide bonds. The third-order valence-electron chi connectivity index (χ3n) is 3.04. The van der Waals surface area contributed by atoms with E-state index in [4.69, 9.17) is 14.6 Å². The van der Waals surface area contributed by atoms with Crippen LogP contribution >= 0.6 is 0 Å². The molecule has 0 spiro atoms. The van der Waals surface area contributed by atoms with Crippen LogP contribution in [0, 0.1) is 5.92 Å². The van der Waals surface area contributed by atoms with Crippen LogP contribution < -0.4 is 9.47 Å². The molecule has 0 fully saturated rings. The molecule has 2 atom stereocenters. The Labute approximate surface area is 106 Å². The van der Waals surface area contributed by atoms with Gasteiger partial charge in [-0.25, -0.2) is 0 Å². The van der Waals surface area contributed by atoms with E-state index in [0.29, 0.717) is 18.6 Å². The normalized spacial score (nSPS) is 16.6. The quantitative estimate of drug-likeness (QED) is 0.681. The number of rotatable bonds is 6. The zero-order chi connectivity index (χ0) is 13.0. The van der Waals surface area contributed by atoms with Crippen LogP contribution in [0.4, 0.5) is 0 Å². The molecule has 1 heterocycles. The van der Waals surface area contributed by atoms with Crippen LogP contribution in [0.5, 0.6) is 11.5 Å². The largest absolute Gasteiger partial charge is 0.454 e. The second kappa shape index (κ2) is 6.04. The molecular weight excluding hydrogens is 236 g/mol. The van der Waals surface area contributed by atoms with Gasteiger partial charge in [0.15, 0.2) is 11.5 Å². The van der Waals surface area contributed by atoms with Gasteiger partial charge in [0.2, 0.25) is 6.79 Å². The van der Waals surface area contributed by atoms with Crippen LogP contribution in [0.3, 0.4) is 0 Å². The third-order valence-corrected chi connectivity index (χ3v) is 3.04. The molecule has 1 aromatic rings. The Morgan fingerprint density at radius 1 is 1.11 bits per heavy atom. The highest BCUT2D eigenvalue weighted by molar-refractivity contribution is 5.44. The van der Waals surface area contributed by atoms with Crippen molar-refractivity contribution in [3.63, 3.8) is 0 Å². The molecule has 5 heteroatoms. The molecular formula is C13H18O5. The SMILES string of the molecule is OC[C@@H](O)C[C@H](CO)Cc1ccc2c(c1)OCO2. The van der Waals surface area contributed by atoms with Gasteiger partial charge in [0.25, 0.3) is 0 Å². The highest BCUT2D eigenvalue weighted by Gasteiger charge is 2.17. The highest BCUT2D eigenvalue weighted by Crippen LogP contribution is 2.33. The van der Waals surface area contributed by atoms with E-state index in [0.717, 1.165) is 11.3 Å². The number of aliphatic hydroxyl groups excluding tert-OH is 3. The number of aliphatic hydroxyl groups is 3. The lowest BCUT2D eigenvalue weighted by Gasteiger charge is -2.17. The van der Waals surface area contributed by atoms with Gasteiger partial charge < -0.3 is 24.8 Å². The van der Waals surface area contributed by atoms with E-state index in [1.54, 1.807) is 0 Å². The molecule has 0 aliphatic carbocycles. The van der Waals surface area contributed by atoms with Crippen LogP contribution in [0.25, 0.3) is 0 Å². The Bertz CT molecular complexity index is 393. The monoisotopic (exact) mass is 254 g/mol. The van der Waals surface area contributed by atoms with E-state index >= 15 is 0 Å². The first-order chi connectivity index (χ1) is 8.72. The van der Waals surface area contributed by atoms with Crippen LogP contribution in [0.2, 0.25) is 0 Å². The topological polar surface area (TPSA) is 79.2 Å². The van der Waals surface area contributed by atoms with E-state index in [-0.39, 0.29) is 25.9 Å². The van der Waals surface area contributed by atoms with Crippen molar-refractivity contribution in [2.24, 2.45) is 5.92 Å². The molecule has 0 saturated carbocycles. The summed E-state index contributed by atoms with van der Waals surface area (Å²) in [6, 6.07) is 5.65. The van der Waals surface area contributed by atoms with Crippen LogP contribution in [0.1, 0.15) is 12.0 Å². The molecule has 100 valence electrons. The van der Waals surface area contributed by atoms with Gasteiger partial charge in [-0.1, -0.05) is 6.07 Å². The first kappa shape index (κ1) is 13.1. The second-order valence-corrected chi connectivity index (χ2v) is 4.51. The third kappa shape index (κ3) is 3.13. The molecule has 1 aliphatic rings. The average Bonchev–Trinajstić information content (AvgIpc) is 2.85. The predicted octanol–water partition coefficient (Wildman–Crippen LogP) is 0.310. The Hall–Kier alpha value is -1.30. The number of hydrogen-bond acceptors (Lipinski definition) is 5. The molecule has 0 radical (unpaired) electrons. The van der Waals surface area contributed by atoms with Gasteiger partial charge in [-0.2, -0.15) is 0 Å². The van der Waals surface area contributed by atoms with Gasteiger partial charge in [-0.05, 0) is 36.5 Å². The van der Waals surface area contributed by atoms with E-state index in [1.807, 2.05) is 18.2 Å². The van der Waals surface area contributed by atoms with Crippen molar-refractivity contribution in [3.05, 3.63) is 23.8 Å². The molecule has 3 N–H and O–H groups in total. The lowest BCUT2D eigenvalue weighted by atomic mass is 9.94. The van der Waals surface area contributed by atoms with Crippen molar-refractivity contribution in [2.75, 3.05) is 20.0 Å². The minimum Gasteiger partial charge on any atom is -0.454 e. The second-order valence-electron chi connectivity index (χ2n) is 4.51. The summed E-state index contributed by atoms with van der Waals surface area (Å²) in [5.41, 5.74) is 1.02. The maximum absolute atomic E-state index is 9.39. The molecule has 0 bridgehead atoms. The number of ether oxygens (including phenoxy) is 2. The lowest BCUT2D eigenvalue weighted by molar-refractivity contribution is 0.0626. The molecule has 0 unspecified atom stereocenters. The summed E-state index contributed by atoms with van der Waals surface area (Å²) < 4.78 is 10.5. The minimum absolute atomic E-state index is 0.0223. The summed E-state index contributed by atoms with van der Waals surface area (Å²) in [4.78, 5) is 0. The molecule has 5 nitrogen and oxygen atoms in total. The van der Waals surface area contributed by atoms with E-state index in [9.17, 15) is 10.2 Å². The molecule has 18 heavy (non-hydrogen) atoms. The fourth-order valence-corrected chi connectivity index (χ4v) is 2.08. The lowest BCUT2D eigenvalue weighted by Crippen LogP contribution is -2.21. The zero-order valence-electron chi connectivity index (χ0n) is 10.1. The van der Waals surface area contributed by atoms with E-state index < -0.39 is 6.10 Å². The summed E-state index contributed by atoms with van der Waals surface area (Å²) in [5, 5.41) is 27.5. The van der Waals surface area contributed by atoms with Crippen LogP contribution in [0.15, 0.2) is 18.2 Å². The Balaban J connectivity index is 1.98. The fourth-order valence-electron chi connectivity index (χ4n) is 2.08. The van der Waals surface area contributed by atoms with Crippen molar-refractivity contribution in [3.8, 4) is 11.5 Å². The Kier molecular flexibility index (Phi) is 4.41. The Morgan fingerprint density at radius 3 is 2.61 bits per heavy atom. The zero-order valence-corrected chi connectivity index (χ0v) is 10.1. The van der Waals surface area contributed by atoms with Gasteiger partial charge in [-0.3, -0.25) is 0 Å².